The molecule has 162 valence electrons. The van der Waals surface area contributed by atoms with E-state index >= 15 is 0 Å². The molecule has 1 fully saturated rings. The fourth-order valence-electron chi connectivity index (χ4n) is 5.22. The number of hydrogen-bond donors (Lipinski definition) is 0. The summed E-state index contributed by atoms with van der Waals surface area (Å²) in [5, 5.41) is 0. The molecule has 2 bridgehead atoms. The Kier molecular flexibility index (Phi) is 5.14. The SMILES string of the molecule is CN(C)Cc1ccc2n(c1=O)C[C@H]1C[C@@H]2CN(C(=O)CCn2cnc3ccccc32)C1. The van der Waals surface area contributed by atoms with Crippen molar-refractivity contribution < 1.29 is 4.79 Å². The van der Waals surface area contributed by atoms with Crippen LogP contribution in [0.15, 0.2) is 47.5 Å². The minimum atomic E-state index is 0.132. The maximum Gasteiger partial charge on any atom is 0.255 e. The molecule has 1 saturated heterocycles. The molecule has 0 unspecified atom stereocenters. The number of carbonyl (C=O) groups excluding carboxylic acids is 1. The van der Waals surface area contributed by atoms with Crippen LogP contribution in [0.3, 0.4) is 0 Å². The van der Waals surface area contributed by atoms with Gasteiger partial charge in [0.05, 0.1) is 17.4 Å². The molecule has 0 spiro atoms. The number of benzene rings is 1. The van der Waals surface area contributed by atoms with Crippen LogP contribution in [0.4, 0.5) is 0 Å². The molecule has 5 rings (SSSR count). The number of pyridine rings is 1. The van der Waals surface area contributed by atoms with Crippen LogP contribution in [0.25, 0.3) is 11.0 Å². The minimum absolute atomic E-state index is 0.132. The molecule has 1 aromatic carbocycles. The summed E-state index contributed by atoms with van der Waals surface area (Å²) in [7, 11) is 3.96. The highest BCUT2D eigenvalue weighted by atomic mass is 16.2. The Balaban J connectivity index is 1.29. The van der Waals surface area contributed by atoms with Gasteiger partial charge in [-0.25, -0.2) is 4.98 Å². The molecular formula is C24H29N5O2. The van der Waals surface area contributed by atoms with Gasteiger partial charge >= 0.3 is 0 Å². The number of amides is 1. The quantitative estimate of drug-likeness (QED) is 0.637. The van der Waals surface area contributed by atoms with Crippen LogP contribution in [0, 0.1) is 5.92 Å². The number of hydrogen-bond acceptors (Lipinski definition) is 4. The standard InChI is InChI=1S/C24H29N5O2/c1-26(2)14-18-7-8-21-19-11-17(13-29(21)24(18)31)12-28(15-19)23(30)9-10-27-16-25-20-5-3-4-6-22(20)27/h3-8,16-17,19H,9-15H2,1-2H3/t17-,19+/m0/s1. The van der Waals surface area contributed by atoms with Crippen LogP contribution in [0.1, 0.15) is 30.0 Å². The molecule has 2 aromatic heterocycles. The van der Waals surface area contributed by atoms with Gasteiger partial charge < -0.3 is 18.9 Å². The highest BCUT2D eigenvalue weighted by Crippen LogP contribution is 2.35. The normalized spacial score (nSPS) is 20.3. The van der Waals surface area contributed by atoms with Crippen molar-refractivity contribution in [3.8, 4) is 0 Å². The number of likely N-dealkylation sites (tertiary alicyclic amines) is 1. The first-order chi connectivity index (χ1) is 15.0. The molecule has 0 radical (unpaired) electrons. The first kappa shape index (κ1) is 20.0. The Bertz CT molecular complexity index is 1180. The highest BCUT2D eigenvalue weighted by molar-refractivity contribution is 5.77. The average Bonchev–Trinajstić information content (AvgIpc) is 3.17. The fraction of sp³-hybridized carbons (Fsp3) is 0.458. The molecule has 1 amide bonds. The van der Waals surface area contributed by atoms with Crippen LogP contribution in [0.2, 0.25) is 0 Å². The van der Waals surface area contributed by atoms with Crippen molar-refractivity contribution >= 4 is 16.9 Å². The van der Waals surface area contributed by atoms with Crippen molar-refractivity contribution in [3.63, 3.8) is 0 Å². The molecule has 0 N–H and O–H groups in total. The van der Waals surface area contributed by atoms with Crippen LogP contribution in [-0.4, -0.2) is 57.0 Å². The average molecular weight is 420 g/mol. The second kappa shape index (κ2) is 7.96. The molecule has 2 aliphatic rings. The Hall–Kier alpha value is -2.93. The van der Waals surface area contributed by atoms with Gasteiger partial charge in [0.2, 0.25) is 5.91 Å². The summed E-state index contributed by atoms with van der Waals surface area (Å²) >= 11 is 0. The first-order valence-electron chi connectivity index (χ1n) is 11.0. The van der Waals surface area contributed by atoms with E-state index in [4.69, 9.17) is 0 Å². The molecule has 7 heteroatoms. The Morgan fingerprint density at radius 1 is 1.13 bits per heavy atom. The number of carbonyl (C=O) groups is 1. The lowest BCUT2D eigenvalue weighted by Gasteiger charge is -2.43. The van der Waals surface area contributed by atoms with Crippen molar-refractivity contribution in [2.75, 3.05) is 27.2 Å². The van der Waals surface area contributed by atoms with Gasteiger partial charge in [-0.15, -0.1) is 0 Å². The molecule has 2 aliphatic heterocycles. The van der Waals surface area contributed by atoms with E-state index in [0.29, 0.717) is 38.5 Å². The topological polar surface area (TPSA) is 63.4 Å². The van der Waals surface area contributed by atoms with Gasteiger partial charge in [0.1, 0.15) is 0 Å². The zero-order valence-electron chi connectivity index (χ0n) is 18.2. The van der Waals surface area contributed by atoms with Gasteiger partial charge in [0.25, 0.3) is 5.56 Å². The van der Waals surface area contributed by atoms with E-state index in [1.165, 1.54) is 0 Å². The maximum atomic E-state index is 13.0. The van der Waals surface area contributed by atoms with Crippen molar-refractivity contribution in [1.82, 2.24) is 23.9 Å². The summed E-state index contributed by atoms with van der Waals surface area (Å²) in [5.41, 5.74) is 4.08. The van der Waals surface area contributed by atoms with Crippen LogP contribution >= 0.6 is 0 Å². The maximum absolute atomic E-state index is 13.0. The van der Waals surface area contributed by atoms with Crippen molar-refractivity contribution in [2.45, 2.75) is 38.4 Å². The molecular weight excluding hydrogens is 390 g/mol. The van der Waals surface area contributed by atoms with Crippen LogP contribution in [0.5, 0.6) is 0 Å². The largest absolute Gasteiger partial charge is 0.342 e. The second-order valence-corrected chi connectivity index (χ2v) is 9.21. The number of rotatable bonds is 5. The molecule has 0 aliphatic carbocycles. The van der Waals surface area contributed by atoms with Crippen molar-refractivity contribution in [2.24, 2.45) is 5.92 Å². The summed E-state index contributed by atoms with van der Waals surface area (Å²) in [6.45, 7) is 3.44. The third kappa shape index (κ3) is 3.78. The second-order valence-electron chi connectivity index (χ2n) is 9.21. The third-order valence-electron chi connectivity index (χ3n) is 6.62. The van der Waals surface area contributed by atoms with E-state index in [9.17, 15) is 9.59 Å². The third-order valence-corrected chi connectivity index (χ3v) is 6.62. The minimum Gasteiger partial charge on any atom is -0.342 e. The number of piperidine rings is 1. The lowest BCUT2D eigenvalue weighted by molar-refractivity contribution is -0.134. The van der Waals surface area contributed by atoms with Gasteiger partial charge in [-0.2, -0.15) is 0 Å². The van der Waals surface area contributed by atoms with Crippen LogP contribution in [-0.2, 0) is 24.4 Å². The van der Waals surface area contributed by atoms with Gasteiger partial charge in [-0.1, -0.05) is 18.2 Å². The summed E-state index contributed by atoms with van der Waals surface area (Å²) in [6, 6.07) is 12.1. The smallest absolute Gasteiger partial charge is 0.255 e. The molecule has 3 aromatic rings. The lowest BCUT2D eigenvalue weighted by Crippen LogP contribution is -2.49. The zero-order chi connectivity index (χ0) is 21.5. The van der Waals surface area contributed by atoms with Gasteiger partial charge in [-0.05, 0) is 44.6 Å². The summed E-state index contributed by atoms with van der Waals surface area (Å²) in [4.78, 5) is 34.5. The van der Waals surface area contributed by atoms with E-state index in [1.807, 2.05) is 65.1 Å². The van der Waals surface area contributed by atoms with Crippen molar-refractivity contribution in [3.05, 3.63) is 64.3 Å². The number of para-hydroxylation sites is 2. The van der Waals surface area contributed by atoms with E-state index in [2.05, 4.69) is 15.6 Å². The van der Waals surface area contributed by atoms with Gasteiger partial charge in [0, 0.05) is 56.3 Å². The Labute approximate surface area is 181 Å². The molecule has 4 heterocycles. The highest BCUT2D eigenvalue weighted by Gasteiger charge is 2.36. The van der Waals surface area contributed by atoms with E-state index in [0.717, 1.165) is 35.3 Å². The monoisotopic (exact) mass is 419 g/mol. The Morgan fingerprint density at radius 2 is 1.97 bits per heavy atom. The number of nitrogens with zero attached hydrogens (tertiary/aromatic N) is 5. The van der Waals surface area contributed by atoms with Gasteiger partial charge in [-0.3, -0.25) is 9.59 Å². The summed E-state index contributed by atoms with van der Waals surface area (Å²) < 4.78 is 4.02. The Morgan fingerprint density at radius 3 is 2.81 bits per heavy atom. The molecule has 31 heavy (non-hydrogen) atoms. The number of aryl methyl sites for hydroxylation is 1. The number of fused-ring (bicyclic) bond motifs is 5. The predicted octanol–water partition coefficient (Wildman–Crippen LogP) is 2.30. The van der Waals surface area contributed by atoms with Crippen molar-refractivity contribution in [1.29, 1.82) is 0 Å². The number of imidazole rings is 1. The number of aromatic nitrogens is 3. The summed E-state index contributed by atoms with van der Waals surface area (Å²) in [5.74, 6) is 0.774. The first-order valence-corrected chi connectivity index (χ1v) is 11.0. The fourth-order valence-corrected chi connectivity index (χ4v) is 5.22. The van der Waals surface area contributed by atoms with E-state index < -0.39 is 0 Å². The van der Waals surface area contributed by atoms with E-state index in [1.54, 1.807) is 0 Å². The molecule has 2 atom stereocenters. The van der Waals surface area contributed by atoms with Gasteiger partial charge in [0.15, 0.2) is 0 Å². The lowest BCUT2D eigenvalue weighted by atomic mass is 9.83. The zero-order valence-corrected chi connectivity index (χ0v) is 18.2. The molecule has 7 nitrogen and oxygen atoms in total. The summed E-state index contributed by atoms with van der Waals surface area (Å²) in [6.07, 6.45) is 3.34. The van der Waals surface area contributed by atoms with Crippen LogP contribution < -0.4 is 5.56 Å². The van der Waals surface area contributed by atoms with E-state index in [-0.39, 0.29) is 17.4 Å². The predicted molar refractivity (Wildman–Crippen MR) is 120 cm³/mol. The molecule has 0 saturated carbocycles.